The summed E-state index contributed by atoms with van der Waals surface area (Å²) in [5.74, 6) is 0.952. The minimum absolute atomic E-state index is 0. The number of halogens is 1. The number of guanidine groups is 1. The van der Waals surface area contributed by atoms with Gasteiger partial charge in [0.25, 0.3) is 0 Å². The summed E-state index contributed by atoms with van der Waals surface area (Å²) in [6, 6.07) is 0.147. The Morgan fingerprint density at radius 1 is 1.48 bits per heavy atom. The standard InChI is InChI=1S/C12H26N4O3S.HI/c1-4-13-12(15-11(2)10-19-3)14-6-8-16-7-5-9-20(16,17)18;/h11H,4-10H2,1-3H3,(H2,13,14,15);1H. The fourth-order valence-corrected chi connectivity index (χ4v) is 3.58. The van der Waals surface area contributed by atoms with Crippen molar-refractivity contribution in [3.05, 3.63) is 0 Å². The Labute approximate surface area is 145 Å². The quantitative estimate of drug-likeness (QED) is 0.341. The molecular formula is C12H27IN4O3S. The molecule has 7 nitrogen and oxygen atoms in total. The SMILES string of the molecule is CCNC(=NCCN1CCCS1(=O)=O)NC(C)COC.I. The summed E-state index contributed by atoms with van der Waals surface area (Å²) in [7, 11) is -1.37. The zero-order valence-corrected chi connectivity index (χ0v) is 16.1. The van der Waals surface area contributed by atoms with Crippen molar-refractivity contribution in [3.63, 3.8) is 0 Å². The minimum Gasteiger partial charge on any atom is -0.383 e. The maximum absolute atomic E-state index is 11.7. The fraction of sp³-hybridized carbons (Fsp3) is 0.917. The second-order valence-corrected chi connectivity index (χ2v) is 6.92. The molecule has 1 aliphatic rings. The van der Waals surface area contributed by atoms with E-state index in [4.69, 9.17) is 4.74 Å². The molecule has 0 spiro atoms. The van der Waals surface area contributed by atoms with Crippen molar-refractivity contribution in [1.29, 1.82) is 0 Å². The van der Waals surface area contributed by atoms with Crippen LogP contribution in [0.4, 0.5) is 0 Å². The summed E-state index contributed by atoms with van der Waals surface area (Å²) in [6.45, 7) is 6.84. The molecule has 1 heterocycles. The lowest BCUT2D eigenvalue weighted by Gasteiger charge is -2.18. The molecule has 1 rings (SSSR count). The molecule has 0 aliphatic carbocycles. The largest absolute Gasteiger partial charge is 0.383 e. The maximum Gasteiger partial charge on any atom is 0.214 e. The number of sulfonamides is 1. The molecule has 0 saturated carbocycles. The number of nitrogens with zero attached hydrogens (tertiary/aromatic N) is 2. The topological polar surface area (TPSA) is 83.0 Å². The maximum atomic E-state index is 11.7. The van der Waals surface area contributed by atoms with E-state index in [1.165, 1.54) is 4.31 Å². The Morgan fingerprint density at radius 3 is 2.71 bits per heavy atom. The number of methoxy groups -OCH3 is 1. The molecule has 9 heteroatoms. The van der Waals surface area contributed by atoms with Gasteiger partial charge in [-0.05, 0) is 20.3 Å². The lowest BCUT2D eigenvalue weighted by molar-refractivity contribution is 0.179. The highest BCUT2D eigenvalue weighted by Gasteiger charge is 2.27. The highest BCUT2D eigenvalue weighted by atomic mass is 127. The van der Waals surface area contributed by atoms with Gasteiger partial charge in [-0.25, -0.2) is 12.7 Å². The summed E-state index contributed by atoms with van der Waals surface area (Å²) in [6.07, 6.45) is 0.717. The Kier molecular flexibility index (Phi) is 10.5. The van der Waals surface area contributed by atoms with Gasteiger partial charge in [0.1, 0.15) is 0 Å². The van der Waals surface area contributed by atoms with Gasteiger partial charge >= 0.3 is 0 Å². The molecule has 21 heavy (non-hydrogen) atoms. The van der Waals surface area contributed by atoms with E-state index in [9.17, 15) is 8.42 Å². The predicted octanol–water partition coefficient (Wildman–Crippen LogP) is 0.230. The van der Waals surface area contributed by atoms with E-state index in [-0.39, 0.29) is 35.8 Å². The molecule has 0 aromatic carbocycles. The number of nitrogens with one attached hydrogen (secondary N) is 2. The highest BCUT2D eigenvalue weighted by Crippen LogP contribution is 2.12. The molecule has 126 valence electrons. The molecule has 0 aromatic rings. The zero-order chi connectivity index (χ0) is 15.0. The molecule has 2 N–H and O–H groups in total. The van der Waals surface area contributed by atoms with Crippen LogP contribution < -0.4 is 10.6 Å². The molecular weight excluding hydrogens is 407 g/mol. The third-order valence-corrected chi connectivity index (χ3v) is 4.92. The predicted molar refractivity (Wildman–Crippen MR) is 95.8 cm³/mol. The normalized spacial score (nSPS) is 19.9. The molecule has 1 fully saturated rings. The lowest BCUT2D eigenvalue weighted by Crippen LogP contribution is -2.44. The van der Waals surface area contributed by atoms with Crippen LogP contribution in [0.2, 0.25) is 0 Å². The average molecular weight is 434 g/mol. The Balaban J connectivity index is 0.00000400. The van der Waals surface area contributed by atoms with E-state index in [0.717, 1.165) is 13.0 Å². The summed E-state index contributed by atoms with van der Waals surface area (Å²) in [5, 5.41) is 6.34. The van der Waals surface area contributed by atoms with Gasteiger partial charge in [0, 0.05) is 32.8 Å². The highest BCUT2D eigenvalue weighted by molar-refractivity contribution is 14.0. The Bertz CT molecular complexity index is 417. The molecule has 1 saturated heterocycles. The molecule has 0 aromatic heterocycles. The van der Waals surface area contributed by atoms with Crippen LogP contribution in [0.3, 0.4) is 0 Å². The van der Waals surface area contributed by atoms with E-state index in [2.05, 4.69) is 15.6 Å². The van der Waals surface area contributed by atoms with Crippen molar-refractivity contribution >= 4 is 40.0 Å². The number of hydrogen-bond acceptors (Lipinski definition) is 4. The first-order valence-electron chi connectivity index (χ1n) is 7.01. The lowest BCUT2D eigenvalue weighted by atomic mass is 10.4. The van der Waals surface area contributed by atoms with E-state index < -0.39 is 10.0 Å². The van der Waals surface area contributed by atoms with Crippen molar-refractivity contribution in [2.24, 2.45) is 4.99 Å². The molecule has 0 radical (unpaired) electrons. The van der Waals surface area contributed by atoms with Crippen LogP contribution in [0.15, 0.2) is 4.99 Å². The van der Waals surface area contributed by atoms with E-state index >= 15 is 0 Å². The summed E-state index contributed by atoms with van der Waals surface area (Å²) in [5.41, 5.74) is 0. The van der Waals surface area contributed by atoms with Crippen LogP contribution in [0, 0.1) is 0 Å². The summed E-state index contributed by atoms with van der Waals surface area (Å²) < 4.78 is 29.9. The number of ether oxygens (including phenoxy) is 1. The number of aliphatic imine (C=N–C) groups is 1. The van der Waals surface area contributed by atoms with Crippen molar-refractivity contribution in [2.45, 2.75) is 26.3 Å². The molecule has 0 amide bonds. The average Bonchev–Trinajstić information content (AvgIpc) is 2.69. The van der Waals surface area contributed by atoms with Gasteiger partial charge in [0.15, 0.2) is 5.96 Å². The third kappa shape index (κ3) is 7.61. The van der Waals surface area contributed by atoms with Gasteiger partial charge in [0.05, 0.1) is 18.9 Å². The van der Waals surface area contributed by atoms with Crippen LogP contribution in [-0.4, -0.2) is 70.4 Å². The zero-order valence-electron chi connectivity index (χ0n) is 13.0. The van der Waals surface area contributed by atoms with Gasteiger partial charge < -0.3 is 15.4 Å². The van der Waals surface area contributed by atoms with Gasteiger partial charge in [-0.2, -0.15) is 0 Å². The molecule has 1 unspecified atom stereocenters. The summed E-state index contributed by atoms with van der Waals surface area (Å²) >= 11 is 0. The second-order valence-electron chi connectivity index (χ2n) is 4.83. The second kappa shape index (κ2) is 10.6. The smallest absolute Gasteiger partial charge is 0.214 e. The van der Waals surface area contributed by atoms with Gasteiger partial charge in [-0.3, -0.25) is 4.99 Å². The summed E-state index contributed by atoms with van der Waals surface area (Å²) in [4.78, 5) is 4.40. The van der Waals surface area contributed by atoms with E-state index in [0.29, 0.717) is 32.2 Å². The first kappa shape index (κ1) is 20.9. The minimum atomic E-state index is -3.03. The van der Waals surface area contributed by atoms with Gasteiger partial charge in [-0.15, -0.1) is 24.0 Å². The van der Waals surface area contributed by atoms with Crippen molar-refractivity contribution < 1.29 is 13.2 Å². The van der Waals surface area contributed by atoms with Crippen LogP contribution >= 0.6 is 24.0 Å². The molecule has 1 aliphatic heterocycles. The number of hydrogen-bond donors (Lipinski definition) is 2. The molecule has 0 bridgehead atoms. The van der Waals surface area contributed by atoms with Gasteiger partial charge in [0.2, 0.25) is 10.0 Å². The van der Waals surface area contributed by atoms with Crippen molar-refractivity contribution in [2.75, 3.05) is 45.6 Å². The molecule has 1 atom stereocenters. The van der Waals surface area contributed by atoms with Crippen molar-refractivity contribution in [3.8, 4) is 0 Å². The van der Waals surface area contributed by atoms with Crippen molar-refractivity contribution in [1.82, 2.24) is 14.9 Å². The van der Waals surface area contributed by atoms with Crippen LogP contribution in [0.1, 0.15) is 20.3 Å². The third-order valence-electron chi connectivity index (χ3n) is 2.97. The first-order valence-corrected chi connectivity index (χ1v) is 8.62. The Hall–Kier alpha value is -0.130. The van der Waals surface area contributed by atoms with E-state index in [1.54, 1.807) is 7.11 Å². The first-order chi connectivity index (χ1) is 9.49. The monoisotopic (exact) mass is 434 g/mol. The fourth-order valence-electron chi connectivity index (χ4n) is 2.06. The number of rotatable bonds is 7. The van der Waals surface area contributed by atoms with Gasteiger partial charge in [-0.1, -0.05) is 0 Å². The van der Waals surface area contributed by atoms with Crippen LogP contribution in [-0.2, 0) is 14.8 Å². The van der Waals surface area contributed by atoms with Crippen LogP contribution in [0.25, 0.3) is 0 Å². The Morgan fingerprint density at radius 2 is 2.19 bits per heavy atom. The van der Waals surface area contributed by atoms with E-state index in [1.807, 2.05) is 13.8 Å². The van der Waals surface area contributed by atoms with Crippen LogP contribution in [0.5, 0.6) is 0 Å².